The molecule has 1 aromatic carbocycles. The van der Waals surface area contributed by atoms with Crippen molar-refractivity contribution in [2.45, 2.75) is 31.6 Å². The van der Waals surface area contributed by atoms with Gasteiger partial charge in [0.15, 0.2) is 0 Å². The lowest BCUT2D eigenvalue weighted by Crippen LogP contribution is -2.48. The fourth-order valence-electron chi connectivity index (χ4n) is 2.96. The van der Waals surface area contributed by atoms with Crippen LogP contribution in [0.15, 0.2) is 30.3 Å². The van der Waals surface area contributed by atoms with Gasteiger partial charge in [0.25, 0.3) is 5.91 Å². The van der Waals surface area contributed by atoms with Gasteiger partial charge in [0.1, 0.15) is 0 Å². The minimum atomic E-state index is -0.427. The van der Waals surface area contributed by atoms with Crippen LogP contribution in [0.1, 0.15) is 31.7 Å². The second-order valence-corrected chi connectivity index (χ2v) is 5.53. The van der Waals surface area contributed by atoms with E-state index in [1.807, 2.05) is 30.3 Å². The number of rotatable bonds is 2. The summed E-state index contributed by atoms with van der Waals surface area (Å²) < 4.78 is 0. The van der Waals surface area contributed by atoms with E-state index in [-0.39, 0.29) is 11.8 Å². The largest absolute Gasteiger partial charge is 0.317 e. The molecule has 0 atom stereocenters. The van der Waals surface area contributed by atoms with Gasteiger partial charge >= 0.3 is 5.91 Å². The molecule has 0 N–H and O–H groups in total. The molecule has 1 aromatic rings. The van der Waals surface area contributed by atoms with Crippen LogP contribution in [0.2, 0.25) is 0 Å². The molecule has 2 aliphatic rings. The highest BCUT2D eigenvalue weighted by Crippen LogP contribution is 2.50. The van der Waals surface area contributed by atoms with Crippen LogP contribution in [0, 0.1) is 11.8 Å². The van der Waals surface area contributed by atoms with Crippen LogP contribution in [-0.4, -0.2) is 34.9 Å². The highest BCUT2D eigenvalue weighted by Gasteiger charge is 2.54. The summed E-state index contributed by atoms with van der Waals surface area (Å²) in [5.74, 6) is 4.89. The first-order valence-electron chi connectivity index (χ1n) is 7.31. The summed E-state index contributed by atoms with van der Waals surface area (Å²) in [6.45, 7) is 2.81. The van der Waals surface area contributed by atoms with Gasteiger partial charge in [-0.25, -0.2) is 10.0 Å². The number of hydrazine groups is 1. The molecule has 0 unspecified atom stereocenters. The highest BCUT2D eigenvalue weighted by atomic mass is 16.2. The predicted octanol–water partition coefficient (Wildman–Crippen LogP) is 1.72. The van der Waals surface area contributed by atoms with E-state index in [1.54, 1.807) is 11.9 Å². The molecule has 3 rings (SSSR count). The molecule has 108 valence electrons. The fourth-order valence-corrected chi connectivity index (χ4v) is 2.96. The zero-order chi connectivity index (χ0) is 14.9. The Kier molecular flexibility index (Phi) is 3.42. The quantitative estimate of drug-likeness (QED) is 0.775. The number of amides is 2. The van der Waals surface area contributed by atoms with Crippen molar-refractivity contribution in [3.8, 4) is 11.8 Å². The monoisotopic (exact) mass is 282 g/mol. The first-order chi connectivity index (χ1) is 10.2. The number of nitrogens with zero attached hydrogens (tertiary/aromatic N) is 2. The molecule has 1 aliphatic carbocycles. The standard InChI is InChI=1S/C17H18N2O2/c1-2-7-15(20)18-12-6-13-19(18)16(21)17(10-11-17)14-8-4-3-5-9-14/h3-5,8-9H,6,10-13H2,1H3. The number of hydrogen-bond donors (Lipinski definition) is 0. The van der Waals surface area contributed by atoms with E-state index in [4.69, 9.17) is 0 Å². The number of carbonyl (C=O) groups excluding carboxylic acids is 2. The number of carbonyl (C=O) groups is 2. The van der Waals surface area contributed by atoms with Gasteiger partial charge < -0.3 is 0 Å². The molecular weight excluding hydrogens is 264 g/mol. The Morgan fingerprint density at radius 3 is 2.38 bits per heavy atom. The van der Waals surface area contributed by atoms with Crippen LogP contribution in [0.4, 0.5) is 0 Å². The van der Waals surface area contributed by atoms with Gasteiger partial charge in [0, 0.05) is 13.1 Å². The van der Waals surface area contributed by atoms with E-state index in [1.165, 1.54) is 5.01 Å². The summed E-state index contributed by atoms with van der Waals surface area (Å²) in [4.78, 5) is 24.9. The third-order valence-corrected chi connectivity index (χ3v) is 4.22. The summed E-state index contributed by atoms with van der Waals surface area (Å²) in [5, 5.41) is 3.11. The van der Waals surface area contributed by atoms with Crippen LogP contribution >= 0.6 is 0 Å². The van der Waals surface area contributed by atoms with Crippen molar-refractivity contribution in [3.05, 3.63) is 35.9 Å². The van der Waals surface area contributed by atoms with Gasteiger partial charge in [-0.05, 0) is 37.7 Å². The van der Waals surface area contributed by atoms with Crippen molar-refractivity contribution in [3.63, 3.8) is 0 Å². The van der Waals surface area contributed by atoms with Crippen molar-refractivity contribution in [2.75, 3.05) is 13.1 Å². The second kappa shape index (κ2) is 5.25. The Balaban J connectivity index is 1.84. The van der Waals surface area contributed by atoms with Crippen molar-refractivity contribution < 1.29 is 9.59 Å². The van der Waals surface area contributed by atoms with Crippen LogP contribution in [0.3, 0.4) is 0 Å². The van der Waals surface area contributed by atoms with Crippen LogP contribution in [0.25, 0.3) is 0 Å². The van der Waals surface area contributed by atoms with Crippen LogP contribution in [0.5, 0.6) is 0 Å². The zero-order valence-corrected chi connectivity index (χ0v) is 12.1. The Bertz CT molecular complexity index is 623. The van der Waals surface area contributed by atoms with E-state index in [0.717, 1.165) is 24.8 Å². The third kappa shape index (κ3) is 2.29. The van der Waals surface area contributed by atoms with Gasteiger partial charge in [0.2, 0.25) is 0 Å². The maximum Gasteiger partial charge on any atom is 0.317 e. The fraction of sp³-hybridized carbons (Fsp3) is 0.412. The van der Waals surface area contributed by atoms with Crippen molar-refractivity contribution in [1.29, 1.82) is 0 Å². The van der Waals surface area contributed by atoms with Gasteiger partial charge in [-0.2, -0.15) is 0 Å². The van der Waals surface area contributed by atoms with Gasteiger partial charge in [-0.1, -0.05) is 36.3 Å². The van der Waals surface area contributed by atoms with Gasteiger partial charge in [-0.15, -0.1) is 0 Å². The maximum atomic E-state index is 12.9. The van der Waals surface area contributed by atoms with Crippen molar-refractivity contribution in [2.24, 2.45) is 0 Å². The SMILES string of the molecule is CC#CC(=O)N1CCCN1C(=O)C1(c2ccccc2)CC1. The summed E-state index contributed by atoms with van der Waals surface area (Å²) >= 11 is 0. The molecule has 4 heteroatoms. The lowest BCUT2D eigenvalue weighted by molar-refractivity contribution is -0.156. The third-order valence-electron chi connectivity index (χ3n) is 4.22. The Morgan fingerprint density at radius 2 is 1.76 bits per heavy atom. The summed E-state index contributed by atoms with van der Waals surface area (Å²) in [7, 11) is 0. The molecule has 2 fully saturated rings. The molecular formula is C17H18N2O2. The number of hydrogen-bond acceptors (Lipinski definition) is 2. The number of benzene rings is 1. The average molecular weight is 282 g/mol. The minimum Gasteiger partial charge on any atom is -0.272 e. The average Bonchev–Trinajstić information content (AvgIpc) is 3.18. The van der Waals surface area contributed by atoms with E-state index < -0.39 is 5.41 Å². The molecule has 0 spiro atoms. The topological polar surface area (TPSA) is 40.6 Å². The molecule has 1 saturated heterocycles. The van der Waals surface area contributed by atoms with Gasteiger partial charge in [-0.3, -0.25) is 9.59 Å². The molecule has 4 nitrogen and oxygen atoms in total. The summed E-state index contributed by atoms with van der Waals surface area (Å²) in [6.07, 6.45) is 2.52. The molecule has 0 bridgehead atoms. The molecule has 1 aliphatic heterocycles. The lowest BCUT2D eigenvalue weighted by atomic mass is 9.95. The van der Waals surface area contributed by atoms with Crippen LogP contribution in [-0.2, 0) is 15.0 Å². The smallest absolute Gasteiger partial charge is 0.272 e. The van der Waals surface area contributed by atoms with E-state index in [9.17, 15) is 9.59 Å². The molecule has 1 heterocycles. The first-order valence-corrected chi connectivity index (χ1v) is 7.31. The minimum absolute atomic E-state index is 0.0393. The van der Waals surface area contributed by atoms with Crippen LogP contribution < -0.4 is 0 Å². The zero-order valence-electron chi connectivity index (χ0n) is 12.1. The second-order valence-electron chi connectivity index (χ2n) is 5.53. The van der Waals surface area contributed by atoms with Crippen molar-refractivity contribution in [1.82, 2.24) is 10.0 Å². The predicted molar refractivity (Wildman–Crippen MR) is 78.8 cm³/mol. The van der Waals surface area contributed by atoms with E-state index in [0.29, 0.717) is 13.1 Å². The molecule has 21 heavy (non-hydrogen) atoms. The Hall–Kier alpha value is -2.28. The summed E-state index contributed by atoms with van der Waals surface area (Å²) in [5.41, 5.74) is 0.625. The molecule has 0 aromatic heterocycles. The van der Waals surface area contributed by atoms with Crippen molar-refractivity contribution >= 4 is 11.8 Å². The molecule has 2 amide bonds. The normalized spacial score (nSPS) is 18.9. The molecule has 1 saturated carbocycles. The molecule has 0 radical (unpaired) electrons. The van der Waals surface area contributed by atoms with Gasteiger partial charge in [0.05, 0.1) is 5.41 Å². The Morgan fingerprint density at radius 1 is 1.10 bits per heavy atom. The van der Waals surface area contributed by atoms with E-state index in [2.05, 4.69) is 11.8 Å². The summed E-state index contributed by atoms with van der Waals surface area (Å²) in [6, 6.07) is 9.86. The first kappa shape index (κ1) is 13.7. The lowest BCUT2D eigenvalue weighted by Gasteiger charge is -2.30. The maximum absolute atomic E-state index is 12.9. The van der Waals surface area contributed by atoms with E-state index >= 15 is 0 Å². The highest BCUT2D eigenvalue weighted by molar-refractivity contribution is 5.97. The Labute approximate surface area is 124 Å².